The molecule has 0 saturated heterocycles. The van der Waals surface area contributed by atoms with Crippen molar-refractivity contribution in [2.45, 2.75) is 6.42 Å². The molecule has 1 heterocycles. The second-order valence-electron chi connectivity index (χ2n) is 4.13. The Morgan fingerprint density at radius 2 is 2.16 bits per heavy atom. The highest BCUT2D eigenvalue weighted by molar-refractivity contribution is 5.97. The van der Waals surface area contributed by atoms with Crippen LogP contribution in [0, 0.1) is 0 Å². The number of amides is 1. The number of benzene rings is 1. The van der Waals surface area contributed by atoms with Crippen molar-refractivity contribution >= 4 is 5.91 Å². The highest BCUT2D eigenvalue weighted by Crippen LogP contribution is 2.27. The number of aromatic nitrogens is 2. The molecule has 2 aromatic rings. The lowest BCUT2D eigenvalue weighted by Crippen LogP contribution is -2.26. The van der Waals surface area contributed by atoms with E-state index in [0.717, 1.165) is 5.69 Å². The van der Waals surface area contributed by atoms with Crippen molar-refractivity contribution in [1.29, 1.82) is 0 Å². The fourth-order valence-electron chi connectivity index (χ4n) is 1.76. The van der Waals surface area contributed by atoms with Crippen LogP contribution in [-0.4, -0.2) is 32.4 Å². The van der Waals surface area contributed by atoms with Crippen LogP contribution >= 0.6 is 0 Å². The van der Waals surface area contributed by atoms with Crippen LogP contribution in [0.5, 0.6) is 11.5 Å². The van der Waals surface area contributed by atoms with E-state index in [1.807, 2.05) is 13.1 Å². The summed E-state index contributed by atoms with van der Waals surface area (Å²) in [6.07, 6.45) is 2.33. The number of carbonyl (C=O) groups excluding carboxylic acids is 1. The maximum Gasteiger partial charge on any atom is 0.255 e. The molecule has 0 fully saturated rings. The SMILES string of the molecule is Cn1nccc1CCNC(=O)c1cccc(O)c1O. The van der Waals surface area contributed by atoms with Crippen LogP contribution in [0.15, 0.2) is 30.5 Å². The first kappa shape index (κ1) is 12.9. The van der Waals surface area contributed by atoms with Crippen LogP contribution in [0.3, 0.4) is 0 Å². The predicted octanol–water partition coefficient (Wildman–Crippen LogP) is 0.804. The number of hydrogen-bond donors (Lipinski definition) is 3. The predicted molar refractivity (Wildman–Crippen MR) is 69.0 cm³/mol. The standard InChI is InChI=1S/C13H15N3O3/c1-16-9(6-8-15-16)5-7-14-13(19)10-3-2-4-11(17)12(10)18/h2-4,6,8,17-18H,5,7H2,1H3,(H,14,19). The molecule has 0 spiro atoms. The number of hydrogen-bond acceptors (Lipinski definition) is 4. The molecule has 0 atom stereocenters. The van der Waals surface area contributed by atoms with E-state index >= 15 is 0 Å². The number of carbonyl (C=O) groups is 1. The number of rotatable bonds is 4. The highest BCUT2D eigenvalue weighted by atomic mass is 16.3. The first-order chi connectivity index (χ1) is 9.09. The van der Waals surface area contributed by atoms with Gasteiger partial charge < -0.3 is 15.5 Å². The molecule has 1 aromatic carbocycles. The summed E-state index contributed by atoms with van der Waals surface area (Å²) >= 11 is 0. The second kappa shape index (κ2) is 5.43. The van der Waals surface area contributed by atoms with Gasteiger partial charge in [0.15, 0.2) is 11.5 Å². The molecule has 0 bridgehead atoms. The molecular formula is C13H15N3O3. The Balaban J connectivity index is 1.95. The number of nitrogens with one attached hydrogen (secondary N) is 1. The molecule has 1 aromatic heterocycles. The first-order valence-corrected chi connectivity index (χ1v) is 5.85. The molecule has 100 valence electrons. The molecule has 0 unspecified atom stereocenters. The Labute approximate surface area is 110 Å². The number of aromatic hydroxyl groups is 2. The third kappa shape index (κ3) is 2.85. The molecule has 6 heteroatoms. The average Bonchev–Trinajstić information content (AvgIpc) is 2.78. The van der Waals surface area contributed by atoms with Crippen LogP contribution in [0.4, 0.5) is 0 Å². The molecule has 1 amide bonds. The molecule has 0 aliphatic carbocycles. The van der Waals surface area contributed by atoms with Gasteiger partial charge in [-0.1, -0.05) is 6.07 Å². The zero-order chi connectivity index (χ0) is 13.8. The van der Waals surface area contributed by atoms with Gasteiger partial charge in [-0.15, -0.1) is 0 Å². The minimum absolute atomic E-state index is 0.0602. The summed E-state index contributed by atoms with van der Waals surface area (Å²) in [6.45, 7) is 0.424. The summed E-state index contributed by atoms with van der Waals surface area (Å²) in [5, 5.41) is 25.6. The van der Waals surface area contributed by atoms with Crippen molar-refractivity contribution in [3.8, 4) is 11.5 Å². The minimum Gasteiger partial charge on any atom is -0.504 e. The zero-order valence-electron chi connectivity index (χ0n) is 10.5. The number of phenolic OH excluding ortho intramolecular Hbond substituents is 2. The van der Waals surface area contributed by atoms with Gasteiger partial charge in [0.05, 0.1) is 5.56 Å². The van der Waals surface area contributed by atoms with Crippen LogP contribution in [0.25, 0.3) is 0 Å². The molecule has 0 radical (unpaired) electrons. The quantitative estimate of drug-likeness (QED) is 0.710. The maximum absolute atomic E-state index is 11.8. The van der Waals surface area contributed by atoms with Gasteiger partial charge in [0, 0.05) is 31.9 Å². The molecule has 6 nitrogen and oxygen atoms in total. The van der Waals surface area contributed by atoms with E-state index in [9.17, 15) is 15.0 Å². The van der Waals surface area contributed by atoms with Crippen molar-refractivity contribution in [2.24, 2.45) is 7.05 Å². The van der Waals surface area contributed by atoms with Gasteiger partial charge in [-0.05, 0) is 18.2 Å². The molecule has 0 saturated carbocycles. The fraction of sp³-hybridized carbons (Fsp3) is 0.231. The van der Waals surface area contributed by atoms with Crippen LogP contribution in [-0.2, 0) is 13.5 Å². The van der Waals surface area contributed by atoms with E-state index in [0.29, 0.717) is 13.0 Å². The van der Waals surface area contributed by atoms with Gasteiger partial charge >= 0.3 is 0 Å². The summed E-state index contributed by atoms with van der Waals surface area (Å²) in [4.78, 5) is 11.8. The van der Waals surface area contributed by atoms with Crippen molar-refractivity contribution < 1.29 is 15.0 Å². The highest BCUT2D eigenvalue weighted by Gasteiger charge is 2.13. The summed E-state index contributed by atoms with van der Waals surface area (Å²) in [5.41, 5.74) is 1.06. The van der Waals surface area contributed by atoms with Crippen molar-refractivity contribution in [2.75, 3.05) is 6.54 Å². The Bertz CT molecular complexity index is 593. The first-order valence-electron chi connectivity index (χ1n) is 5.85. The van der Waals surface area contributed by atoms with Gasteiger partial charge in [0.25, 0.3) is 5.91 Å². The van der Waals surface area contributed by atoms with Crippen LogP contribution < -0.4 is 5.32 Å². The largest absolute Gasteiger partial charge is 0.504 e. The van der Waals surface area contributed by atoms with Crippen molar-refractivity contribution in [3.63, 3.8) is 0 Å². The molecule has 0 aliphatic heterocycles. The van der Waals surface area contributed by atoms with Gasteiger partial charge in [0.2, 0.25) is 0 Å². The van der Waals surface area contributed by atoms with E-state index in [1.165, 1.54) is 18.2 Å². The van der Waals surface area contributed by atoms with Gasteiger partial charge in [-0.25, -0.2) is 0 Å². The van der Waals surface area contributed by atoms with Crippen LogP contribution in [0.2, 0.25) is 0 Å². The monoisotopic (exact) mass is 261 g/mol. The van der Waals surface area contributed by atoms with E-state index in [-0.39, 0.29) is 11.3 Å². The van der Waals surface area contributed by atoms with Gasteiger partial charge in [0.1, 0.15) is 0 Å². The average molecular weight is 261 g/mol. The maximum atomic E-state index is 11.8. The van der Waals surface area contributed by atoms with E-state index in [2.05, 4.69) is 10.4 Å². The van der Waals surface area contributed by atoms with E-state index < -0.39 is 11.7 Å². The summed E-state index contributed by atoms with van der Waals surface area (Å²) in [6, 6.07) is 6.15. The normalized spacial score (nSPS) is 10.4. The molecule has 3 N–H and O–H groups in total. The minimum atomic E-state index is -0.421. The number of phenols is 2. The third-order valence-corrected chi connectivity index (χ3v) is 2.85. The lowest BCUT2D eigenvalue weighted by atomic mass is 10.1. The molecular weight excluding hydrogens is 246 g/mol. The summed E-state index contributed by atoms with van der Waals surface area (Å²) < 4.78 is 1.73. The molecule has 19 heavy (non-hydrogen) atoms. The molecule has 0 aliphatic rings. The smallest absolute Gasteiger partial charge is 0.255 e. The van der Waals surface area contributed by atoms with Crippen molar-refractivity contribution in [1.82, 2.24) is 15.1 Å². The Hall–Kier alpha value is -2.50. The molecule has 2 rings (SSSR count). The second-order valence-corrected chi connectivity index (χ2v) is 4.13. The lowest BCUT2D eigenvalue weighted by molar-refractivity contribution is 0.0950. The van der Waals surface area contributed by atoms with Gasteiger partial charge in [-0.3, -0.25) is 9.48 Å². The lowest BCUT2D eigenvalue weighted by Gasteiger charge is -2.07. The van der Waals surface area contributed by atoms with Crippen LogP contribution in [0.1, 0.15) is 16.1 Å². The Morgan fingerprint density at radius 1 is 1.37 bits per heavy atom. The number of para-hydroxylation sites is 1. The fourth-order valence-corrected chi connectivity index (χ4v) is 1.76. The zero-order valence-corrected chi connectivity index (χ0v) is 10.5. The third-order valence-electron chi connectivity index (χ3n) is 2.85. The Morgan fingerprint density at radius 3 is 2.84 bits per heavy atom. The Kier molecular flexibility index (Phi) is 3.70. The number of nitrogens with zero attached hydrogens (tertiary/aromatic N) is 2. The van der Waals surface area contributed by atoms with Crippen molar-refractivity contribution in [3.05, 3.63) is 41.7 Å². The summed E-state index contributed by atoms with van der Waals surface area (Å²) in [7, 11) is 1.83. The van der Waals surface area contributed by atoms with E-state index in [1.54, 1.807) is 10.9 Å². The number of aryl methyl sites for hydroxylation is 1. The van der Waals surface area contributed by atoms with Gasteiger partial charge in [-0.2, -0.15) is 5.10 Å². The van der Waals surface area contributed by atoms with E-state index in [4.69, 9.17) is 0 Å². The topological polar surface area (TPSA) is 87.4 Å². The summed E-state index contributed by atoms with van der Waals surface area (Å²) in [5.74, 6) is -1.13.